The molecule has 0 saturated heterocycles. The Bertz CT molecular complexity index is 2800. The number of amidine groups is 2. The van der Waals surface area contributed by atoms with E-state index in [1.54, 1.807) is 0 Å². The molecule has 0 fully saturated rings. The molecule has 1 atom stereocenters. The number of nitrogens with one attached hydrogen (secondary N) is 1. The second kappa shape index (κ2) is 11.0. The lowest BCUT2D eigenvalue weighted by molar-refractivity contribution is 0.669. The lowest BCUT2D eigenvalue weighted by Crippen LogP contribution is -2.33. The predicted molar refractivity (Wildman–Crippen MR) is 201 cm³/mol. The molecule has 9 aromatic rings. The van der Waals surface area contributed by atoms with Gasteiger partial charge >= 0.3 is 0 Å². The van der Waals surface area contributed by atoms with Crippen LogP contribution in [0.5, 0.6) is 0 Å². The first kappa shape index (κ1) is 27.5. The minimum atomic E-state index is -0.338. The van der Waals surface area contributed by atoms with Crippen molar-refractivity contribution in [2.45, 2.75) is 6.17 Å². The van der Waals surface area contributed by atoms with E-state index in [1.807, 2.05) is 42.6 Å². The van der Waals surface area contributed by atoms with E-state index in [1.165, 1.54) is 21.5 Å². The molecule has 0 spiro atoms. The third kappa shape index (κ3) is 4.59. The van der Waals surface area contributed by atoms with Crippen molar-refractivity contribution < 1.29 is 4.42 Å². The van der Waals surface area contributed by atoms with Gasteiger partial charge in [-0.1, -0.05) is 133 Å². The zero-order valence-corrected chi connectivity index (χ0v) is 26.3. The first-order chi connectivity index (χ1) is 24.3. The second-order valence-electron chi connectivity index (χ2n) is 12.5. The Labute approximate surface area is 281 Å². The number of nitrogens with zero attached hydrogens (tertiary/aromatic N) is 3. The molecule has 5 nitrogen and oxygen atoms in total. The minimum absolute atomic E-state index is 0.338. The van der Waals surface area contributed by atoms with E-state index < -0.39 is 0 Å². The molecule has 1 aliphatic rings. The van der Waals surface area contributed by atoms with E-state index in [0.29, 0.717) is 11.5 Å². The number of benzene rings is 7. The van der Waals surface area contributed by atoms with Crippen LogP contribution in [0, 0.1) is 0 Å². The van der Waals surface area contributed by atoms with Crippen LogP contribution >= 0.6 is 0 Å². The van der Waals surface area contributed by atoms with Crippen LogP contribution in [0.1, 0.15) is 23.0 Å². The first-order valence-electron chi connectivity index (χ1n) is 16.5. The lowest BCUT2D eigenvalue weighted by atomic mass is 9.96. The quantitative estimate of drug-likeness (QED) is 0.197. The summed E-state index contributed by atoms with van der Waals surface area (Å²) in [5.74, 6) is 1.31. The minimum Gasteiger partial charge on any atom is -0.455 e. The molecule has 49 heavy (non-hydrogen) atoms. The van der Waals surface area contributed by atoms with E-state index >= 15 is 0 Å². The molecule has 3 heterocycles. The van der Waals surface area contributed by atoms with Crippen LogP contribution in [0.2, 0.25) is 0 Å². The molecule has 1 unspecified atom stereocenters. The summed E-state index contributed by atoms with van der Waals surface area (Å²) in [5.41, 5.74) is 6.25. The number of furan rings is 1. The summed E-state index contributed by atoms with van der Waals surface area (Å²) >= 11 is 0. The van der Waals surface area contributed by atoms with Gasteiger partial charge in [0, 0.05) is 22.7 Å². The maximum atomic E-state index is 6.82. The summed E-state index contributed by atoms with van der Waals surface area (Å²) in [4.78, 5) is 15.5. The second-order valence-corrected chi connectivity index (χ2v) is 12.5. The zero-order chi connectivity index (χ0) is 32.3. The Balaban J connectivity index is 1.23. The molecule has 2 aromatic heterocycles. The van der Waals surface area contributed by atoms with Crippen molar-refractivity contribution in [3.8, 4) is 11.1 Å². The van der Waals surface area contributed by atoms with E-state index in [-0.39, 0.29) is 6.17 Å². The maximum absolute atomic E-state index is 6.82. The summed E-state index contributed by atoms with van der Waals surface area (Å²) in [5, 5.41) is 12.6. The molecular weight excluding hydrogens is 601 g/mol. The lowest BCUT2D eigenvalue weighted by Gasteiger charge is -2.23. The van der Waals surface area contributed by atoms with Crippen LogP contribution in [-0.4, -0.2) is 16.7 Å². The number of aliphatic imine (C=N–C) groups is 2. The topological polar surface area (TPSA) is 62.8 Å². The van der Waals surface area contributed by atoms with Crippen LogP contribution in [0.25, 0.3) is 65.4 Å². The molecule has 10 rings (SSSR count). The fraction of sp³-hybridized carbons (Fsp3) is 0.0227. The predicted octanol–water partition coefficient (Wildman–Crippen LogP) is 10.6. The van der Waals surface area contributed by atoms with Crippen LogP contribution in [0.3, 0.4) is 0 Å². The molecule has 1 aliphatic heterocycles. The van der Waals surface area contributed by atoms with Crippen molar-refractivity contribution >= 4 is 65.9 Å². The van der Waals surface area contributed by atoms with Crippen LogP contribution in [0.4, 0.5) is 0 Å². The summed E-state index contributed by atoms with van der Waals surface area (Å²) in [6.45, 7) is 0. The smallest absolute Gasteiger partial charge is 0.178 e. The van der Waals surface area contributed by atoms with E-state index in [9.17, 15) is 0 Å². The highest BCUT2D eigenvalue weighted by Crippen LogP contribution is 2.40. The van der Waals surface area contributed by atoms with Crippen molar-refractivity contribution in [3.63, 3.8) is 0 Å². The summed E-state index contributed by atoms with van der Waals surface area (Å²) in [6, 6.07) is 52.7. The number of rotatable bonds is 4. The summed E-state index contributed by atoms with van der Waals surface area (Å²) in [6.07, 6.45) is 1.58. The van der Waals surface area contributed by atoms with Crippen LogP contribution in [-0.2, 0) is 0 Å². The van der Waals surface area contributed by atoms with E-state index in [0.717, 1.165) is 60.8 Å². The average molecular weight is 629 g/mol. The SMILES string of the molecule is c1ccc(C2=NC(c3ncc(-c4ccc5c(ccc6ccccc65)c4)c4oc5cc6ccccc6cc5c34)=NC(c3ccccc3)N2)cc1. The Morgan fingerprint density at radius 1 is 0.551 bits per heavy atom. The Morgan fingerprint density at radius 3 is 2.08 bits per heavy atom. The van der Waals surface area contributed by atoms with Gasteiger partial charge in [-0.3, -0.25) is 4.98 Å². The molecule has 5 heteroatoms. The normalized spacial score (nSPS) is 14.7. The zero-order valence-electron chi connectivity index (χ0n) is 26.3. The van der Waals surface area contributed by atoms with Gasteiger partial charge in [0.1, 0.15) is 28.9 Å². The van der Waals surface area contributed by atoms with E-state index in [4.69, 9.17) is 19.4 Å². The molecule has 0 bridgehead atoms. The molecule has 0 radical (unpaired) electrons. The van der Waals surface area contributed by atoms with Crippen molar-refractivity contribution in [3.05, 3.63) is 175 Å². The summed E-state index contributed by atoms with van der Waals surface area (Å²) in [7, 11) is 0. The van der Waals surface area contributed by atoms with Gasteiger partial charge in [0.15, 0.2) is 5.84 Å². The van der Waals surface area contributed by atoms with Gasteiger partial charge < -0.3 is 9.73 Å². The number of pyridine rings is 1. The fourth-order valence-corrected chi connectivity index (χ4v) is 7.12. The fourth-order valence-electron chi connectivity index (χ4n) is 7.12. The highest BCUT2D eigenvalue weighted by molar-refractivity contribution is 6.23. The van der Waals surface area contributed by atoms with Gasteiger partial charge in [0.05, 0.1) is 5.39 Å². The van der Waals surface area contributed by atoms with Crippen molar-refractivity contribution in [1.29, 1.82) is 0 Å². The van der Waals surface area contributed by atoms with Gasteiger partial charge in [0.25, 0.3) is 0 Å². The molecular formula is C44H28N4O. The van der Waals surface area contributed by atoms with Crippen molar-refractivity contribution in [2.24, 2.45) is 9.98 Å². The van der Waals surface area contributed by atoms with Gasteiger partial charge in [0.2, 0.25) is 0 Å². The van der Waals surface area contributed by atoms with Crippen LogP contribution < -0.4 is 5.32 Å². The molecule has 0 aliphatic carbocycles. The van der Waals surface area contributed by atoms with Gasteiger partial charge in [-0.2, -0.15) is 0 Å². The van der Waals surface area contributed by atoms with Crippen molar-refractivity contribution in [2.75, 3.05) is 0 Å². The van der Waals surface area contributed by atoms with Crippen LogP contribution in [0.15, 0.2) is 172 Å². The van der Waals surface area contributed by atoms with Gasteiger partial charge in [-0.15, -0.1) is 0 Å². The average Bonchev–Trinajstić information content (AvgIpc) is 3.55. The third-order valence-electron chi connectivity index (χ3n) is 9.53. The van der Waals surface area contributed by atoms with E-state index in [2.05, 4.69) is 121 Å². The monoisotopic (exact) mass is 628 g/mol. The summed E-state index contributed by atoms with van der Waals surface area (Å²) < 4.78 is 6.82. The molecule has 0 saturated carbocycles. The highest BCUT2D eigenvalue weighted by Gasteiger charge is 2.26. The highest BCUT2D eigenvalue weighted by atomic mass is 16.3. The van der Waals surface area contributed by atoms with Crippen molar-refractivity contribution in [1.82, 2.24) is 10.3 Å². The number of hydrogen-bond donors (Lipinski definition) is 1. The number of fused-ring (bicyclic) bond motifs is 7. The molecule has 0 amide bonds. The third-order valence-corrected chi connectivity index (χ3v) is 9.53. The number of aromatic nitrogens is 1. The first-order valence-corrected chi connectivity index (χ1v) is 16.5. The Kier molecular flexibility index (Phi) is 6.18. The molecule has 7 aromatic carbocycles. The molecule has 230 valence electrons. The van der Waals surface area contributed by atoms with Gasteiger partial charge in [-0.25, -0.2) is 9.98 Å². The maximum Gasteiger partial charge on any atom is 0.178 e. The largest absolute Gasteiger partial charge is 0.455 e. The van der Waals surface area contributed by atoms with Gasteiger partial charge in [-0.05, 0) is 61.6 Å². The standard InChI is InChI=1S/C44H28N4O/c1-3-12-28(13-4-1)42-46-43(29-14-5-2-6-15-29)48-44(47-42)40-39-36-24-30-16-7-8-17-31(30)25-38(36)49-41(39)37(26-45-40)33-21-22-35-32(23-33)20-19-27-11-9-10-18-34(27)35/h1-26,42H,(H,46,47,48). The number of hydrogen-bond acceptors (Lipinski definition) is 5. The Morgan fingerprint density at radius 2 is 1.24 bits per heavy atom. The molecule has 1 N–H and O–H groups in total. The Hall–Kier alpha value is -6.59.